The van der Waals surface area contributed by atoms with Crippen LogP contribution in [0, 0.1) is 0 Å². The molecule has 86 valence electrons. The van der Waals surface area contributed by atoms with E-state index >= 15 is 0 Å². The van der Waals surface area contributed by atoms with Gasteiger partial charge in [0.25, 0.3) is 5.82 Å². The number of halogens is 2. The fourth-order valence-electron chi connectivity index (χ4n) is 2.66. The van der Waals surface area contributed by atoms with Gasteiger partial charge in [-0.05, 0) is 25.5 Å². The van der Waals surface area contributed by atoms with Crippen molar-refractivity contribution in [2.45, 2.75) is 32.9 Å². The Balaban J connectivity index is 0.000000963. The van der Waals surface area contributed by atoms with Crippen molar-refractivity contribution in [2.24, 2.45) is 0 Å². The summed E-state index contributed by atoms with van der Waals surface area (Å²) in [5, 5.41) is 0.878. The van der Waals surface area contributed by atoms with Crippen LogP contribution in [-0.4, -0.2) is 4.57 Å². The largest absolute Gasteiger partial charge is 1.00 e. The molecule has 4 heteroatoms. The van der Waals surface area contributed by atoms with E-state index < -0.39 is 0 Å². The maximum atomic E-state index is 6.28. The van der Waals surface area contributed by atoms with Crippen molar-refractivity contribution in [2.75, 3.05) is 0 Å². The average Bonchev–Trinajstić information content (AvgIpc) is 2.76. The monoisotopic (exact) mass is 348 g/mol. The Kier molecular flexibility index (Phi) is 3.45. The lowest BCUT2D eigenvalue weighted by Gasteiger charge is -1.95. The predicted octanol–water partition coefficient (Wildman–Crippen LogP) is -0.448. The first-order valence-corrected chi connectivity index (χ1v) is 5.90. The topological polar surface area (TPSA) is 8.81 Å². The van der Waals surface area contributed by atoms with Crippen LogP contribution in [0.3, 0.4) is 0 Å². The summed E-state index contributed by atoms with van der Waals surface area (Å²) in [4.78, 5) is 0. The highest BCUT2D eigenvalue weighted by Crippen LogP contribution is 2.25. The van der Waals surface area contributed by atoms with Crippen molar-refractivity contribution >= 4 is 22.6 Å². The zero-order valence-electron chi connectivity index (χ0n) is 9.21. The van der Waals surface area contributed by atoms with Gasteiger partial charge in [0.15, 0.2) is 11.0 Å². The molecule has 0 amide bonds. The number of fused-ring (bicyclic) bond motifs is 3. The molecule has 0 fully saturated rings. The second-order valence-electron chi connectivity index (χ2n) is 4.02. The Labute approximate surface area is 117 Å². The number of imidazole rings is 1. The van der Waals surface area contributed by atoms with Gasteiger partial charge in [-0.2, -0.15) is 0 Å². The minimum absolute atomic E-state index is 0. The molecule has 2 heterocycles. The molecule has 0 N–H and O–H groups in total. The third-order valence-corrected chi connectivity index (χ3v) is 3.55. The number of hydrogen-bond acceptors (Lipinski definition) is 0. The van der Waals surface area contributed by atoms with E-state index in [1.54, 1.807) is 0 Å². The average molecular weight is 349 g/mol. The molecule has 1 aliphatic heterocycles. The van der Waals surface area contributed by atoms with E-state index in [0.29, 0.717) is 0 Å². The van der Waals surface area contributed by atoms with Gasteiger partial charge in [0, 0.05) is 0 Å². The van der Waals surface area contributed by atoms with E-state index in [1.165, 1.54) is 29.7 Å². The third-order valence-electron chi connectivity index (χ3n) is 3.25. The number of aryl methyl sites for hydroxylation is 2. The standard InChI is InChI=1S/C12H14ClN2.HI/c1-2-14-10-6-3-5-9(13)12(10)15-8-4-7-11(14)15;/h3,5-6H,2,4,7-8H2,1H3;1H/q+1;/p-1. The predicted molar refractivity (Wildman–Crippen MR) is 61.1 cm³/mol. The van der Waals surface area contributed by atoms with Gasteiger partial charge in [-0.15, -0.1) is 0 Å². The van der Waals surface area contributed by atoms with Gasteiger partial charge < -0.3 is 24.0 Å². The van der Waals surface area contributed by atoms with Crippen molar-refractivity contribution in [3.8, 4) is 0 Å². The summed E-state index contributed by atoms with van der Waals surface area (Å²) >= 11 is 6.28. The number of nitrogens with zero attached hydrogens (tertiary/aromatic N) is 2. The molecule has 2 aromatic rings. The molecule has 1 aromatic heterocycles. The molecule has 2 nitrogen and oxygen atoms in total. The second-order valence-corrected chi connectivity index (χ2v) is 4.43. The maximum Gasteiger partial charge on any atom is 0.257 e. The Morgan fingerprint density at radius 3 is 3.00 bits per heavy atom. The third kappa shape index (κ3) is 1.56. The van der Waals surface area contributed by atoms with E-state index in [2.05, 4.69) is 22.1 Å². The molecule has 0 aliphatic carbocycles. The smallest absolute Gasteiger partial charge is 0.257 e. The first-order chi connectivity index (χ1) is 7.33. The summed E-state index contributed by atoms with van der Waals surface area (Å²) in [6.07, 6.45) is 2.43. The number of aromatic nitrogens is 2. The molecular weight excluding hydrogens is 335 g/mol. The molecule has 0 radical (unpaired) electrons. The van der Waals surface area contributed by atoms with Gasteiger partial charge in [0.05, 0.1) is 24.5 Å². The highest BCUT2D eigenvalue weighted by atomic mass is 127. The van der Waals surface area contributed by atoms with Crippen molar-refractivity contribution in [1.82, 2.24) is 4.57 Å². The fraction of sp³-hybridized carbons (Fsp3) is 0.417. The maximum absolute atomic E-state index is 6.28. The van der Waals surface area contributed by atoms with Gasteiger partial charge in [-0.25, -0.2) is 9.13 Å². The van der Waals surface area contributed by atoms with Crippen molar-refractivity contribution in [3.63, 3.8) is 0 Å². The van der Waals surface area contributed by atoms with Gasteiger partial charge >= 0.3 is 0 Å². The van der Waals surface area contributed by atoms with Crippen molar-refractivity contribution in [1.29, 1.82) is 0 Å². The van der Waals surface area contributed by atoms with Crippen molar-refractivity contribution in [3.05, 3.63) is 29.0 Å². The summed E-state index contributed by atoms with van der Waals surface area (Å²) in [5.74, 6) is 1.43. The molecule has 0 bridgehead atoms. The lowest BCUT2D eigenvalue weighted by Crippen LogP contribution is -3.00. The van der Waals surface area contributed by atoms with Crippen LogP contribution in [0.25, 0.3) is 11.0 Å². The number of rotatable bonds is 1. The lowest BCUT2D eigenvalue weighted by atomic mass is 10.3. The minimum atomic E-state index is 0. The van der Waals surface area contributed by atoms with Crippen LogP contribution in [0.15, 0.2) is 18.2 Å². The van der Waals surface area contributed by atoms with Crippen molar-refractivity contribution < 1.29 is 28.5 Å². The highest BCUT2D eigenvalue weighted by Gasteiger charge is 2.29. The van der Waals surface area contributed by atoms with Gasteiger partial charge in [0.1, 0.15) is 0 Å². The Hall–Kier alpha value is -0.290. The number of benzene rings is 1. The molecule has 16 heavy (non-hydrogen) atoms. The molecule has 1 aromatic carbocycles. The second kappa shape index (κ2) is 4.53. The SMILES string of the molecule is CCn1c2[n+](c3c(Cl)cccc31)CCC2.[I-]. The number of para-hydroxylation sites is 1. The van der Waals surface area contributed by atoms with Crippen LogP contribution in [0.1, 0.15) is 19.2 Å². The van der Waals surface area contributed by atoms with E-state index in [0.717, 1.165) is 18.1 Å². The lowest BCUT2D eigenvalue weighted by molar-refractivity contribution is -0.665. The van der Waals surface area contributed by atoms with Crippen LogP contribution < -0.4 is 28.5 Å². The van der Waals surface area contributed by atoms with Gasteiger partial charge in [-0.1, -0.05) is 17.7 Å². The Morgan fingerprint density at radius 2 is 2.25 bits per heavy atom. The van der Waals surface area contributed by atoms with E-state index in [1.807, 2.05) is 12.1 Å². The van der Waals surface area contributed by atoms with Gasteiger partial charge in [-0.3, -0.25) is 0 Å². The highest BCUT2D eigenvalue weighted by molar-refractivity contribution is 6.34. The zero-order valence-corrected chi connectivity index (χ0v) is 12.1. The molecule has 0 spiro atoms. The molecular formula is C12H14ClIN2. The molecule has 1 aliphatic rings. The zero-order chi connectivity index (χ0) is 10.4. The molecule has 0 saturated carbocycles. The fourth-order valence-corrected chi connectivity index (χ4v) is 2.93. The molecule has 3 rings (SSSR count). The van der Waals surface area contributed by atoms with Crippen LogP contribution in [0.2, 0.25) is 5.02 Å². The first kappa shape index (κ1) is 12.2. The number of hydrogen-bond donors (Lipinski definition) is 0. The van der Waals surface area contributed by atoms with E-state index in [-0.39, 0.29) is 24.0 Å². The Bertz CT molecular complexity index is 533. The first-order valence-electron chi connectivity index (χ1n) is 5.52. The minimum Gasteiger partial charge on any atom is -1.00 e. The quantitative estimate of drug-likeness (QED) is 0.488. The summed E-state index contributed by atoms with van der Waals surface area (Å²) in [7, 11) is 0. The van der Waals surface area contributed by atoms with E-state index in [9.17, 15) is 0 Å². The summed E-state index contributed by atoms with van der Waals surface area (Å²) in [5.41, 5.74) is 2.49. The normalized spacial score (nSPS) is 13.9. The summed E-state index contributed by atoms with van der Waals surface area (Å²) < 4.78 is 4.76. The van der Waals surface area contributed by atoms with Crippen LogP contribution >= 0.6 is 11.6 Å². The molecule has 0 saturated heterocycles. The Morgan fingerprint density at radius 1 is 1.44 bits per heavy atom. The summed E-state index contributed by atoms with van der Waals surface area (Å²) in [6, 6.07) is 6.18. The van der Waals surface area contributed by atoms with Gasteiger partial charge in [0.2, 0.25) is 0 Å². The summed E-state index contributed by atoms with van der Waals surface area (Å²) in [6.45, 7) is 4.33. The molecule has 0 unspecified atom stereocenters. The van der Waals surface area contributed by atoms with Crippen LogP contribution in [-0.2, 0) is 19.5 Å². The molecule has 0 atom stereocenters. The van der Waals surface area contributed by atoms with Crippen LogP contribution in [0.5, 0.6) is 0 Å². The van der Waals surface area contributed by atoms with Crippen LogP contribution in [0.4, 0.5) is 0 Å². The van der Waals surface area contributed by atoms with E-state index in [4.69, 9.17) is 11.6 Å².